The van der Waals surface area contributed by atoms with E-state index in [0.717, 1.165) is 12.1 Å². The van der Waals surface area contributed by atoms with E-state index in [1.807, 2.05) is 0 Å². The monoisotopic (exact) mass is 258 g/mol. The van der Waals surface area contributed by atoms with Crippen LogP contribution in [-0.4, -0.2) is 12.4 Å². The molecule has 0 unspecified atom stereocenters. The van der Waals surface area contributed by atoms with Crippen molar-refractivity contribution in [1.29, 1.82) is 0 Å². The van der Waals surface area contributed by atoms with E-state index >= 15 is 0 Å². The second kappa shape index (κ2) is 4.84. The van der Waals surface area contributed by atoms with Gasteiger partial charge in [0.15, 0.2) is 5.78 Å². The molecule has 1 heterocycles. The third kappa shape index (κ3) is 2.47. The molecule has 0 bridgehead atoms. The Morgan fingerprint density at radius 2 is 2.06 bits per heavy atom. The van der Waals surface area contributed by atoms with Crippen LogP contribution in [0.5, 0.6) is 0 Å². The van der Waals surface area contributed by atoms with E-state index in [-0.39, 0.29) is 10.6 Å². The normalized spacial score (nSPS) is 15.1. The smallest absolute Gasteiger partial charge is 0.195 e. The van der Waals surface area contributed by atoms with Gasteiger partial charge in [0.1, 0.15) is 11.6 Å². The number of hydrogen-bond acceptors (Lipinski definition) is 2. The van der Waals surface area contributed by atoms with Crippen LogP contribution in [0.15, 0.2) is 24.0 Å². The average molecular weight is 259 g/mol. The summed E-state index contributed by atoms with van der Waals surface area (Å²) in [5, 5.41) is -0.340. The second-order valence-electron chi connectivity index (χ2n) is 3.69. The van der Waals surface area contributed by atoms with Gasteiger partial charge in [-0.2, -0.15) is 0 Å². The lowest BCUT2D eigenvalue weighted by Crippen LogP contribution is -2.11. The molecule has 0 amide bonds. The molecule has 0 saturated heterocycles. The van der Waals surface area contributed by atoms with Gasteiger partial charge in [-0.25, -0.2) is 8.78 Å². The summed E-state index contributed by atoms with van der Waals surface area (Å²) in [7, 11) is 0. The number of Topliss-reactive ketones (excluding diaryl/α,β-unsaturated/α-hetero) is 1. The van der Waals surface area contributed by atoms with Gasteiger partial charge in [0.2, 0.25) is 0 Å². The number of carbonyl (C=O) groups is 1. The Labute approximate surface area is 102 Å². The molecule has 1 aromatic carbocycles. The Morgan fingerprint density at radius 1 is 1.29 bits per heavy atom. The molecular formula is C12H9ClF2O2. The first kappa shape index (κ1) is 12.0. The highest BCUT2D eigenvalue weighted by Crippen LogP contribution is 2.23. The molecule has 0 fully saturated rings. The van der Waals surface area contributed by atoms with Crippen molar-refractivity contribution in [3.63, 3.8) is 0 Å². The van der Waals surface area contributed by atoms with Crippen molar-refractivity contribution in [2.24, 2.45) is 0 Å². The number of allylic oxidation sites excluding steroid dienone is 1. The van der Waals surface area contributed by atoms with Crippen LogP contribution in [0, 0.1) is 11.6 Å². The van der Waals surface area contributed by atoms with Gasteiger partial charge >= 0.3 is 0 Å². The fourth-order valence-corrected chi connectivity index (χ4v) is 1.75. The Bertz CT molecular complexity index is 498. The molecule has 1 aliphatic rings. The minimum Gasteiger partial charge on any atom is -0.501 e. The fourth-order valence-electron chi connectivity index (χ4n) is 1.60. The van der Waals surface area contributed by atoms with E-state index in [1.54, 1.807) is 0 Å². The van der Waals surface area contributed by atoms with Crippen molar-refractivity contribution < 1.29 is 18.3 Å². The number of hydrogen-bond donors (Lipinski definition) is 0. The Morgan fingerprint density at radius 3 is 2.71 bits per heavy atom. The van der Waals surface area contributed by atoms with Crippen LogP contribution in [0.4, 0.5) is 8.78 Å². The summed E-state index contributed by atoms with van der Waals surface area (Å²) in [6.07, 6.45) is 2.50. The van der Waals surface area contributed by atoms with Crippen LogP contribution in [0.25, 0.3) is 0 Å². The molecule has 0 saturated carbocycles. The van der Waals surface area contributed by atoms with E-state index in [0.29, 0.717) is 25.0 Å². The van der Waals surface area contributed by atoms with Crippen LogP contribution in [0.1, 0.15) is 23.2 Å². The molecule has 0 aromatic heterocycles. The van der Waals surface area contributed by atoms with Gasteiger partial charge in [0.25, 0.3) is 0 Å². The van der Waals surface area contributed by atoms with E-state index in [4.69, 9.17) is 16.3 Å². The fraction of sp³-hybridized carbons (Fsp3) is 0.250. The SMILES string of the molecule is O=C(C1=COCCC1)c1cc(F)c(Cl)cc1F. The first-order valence-corrected chi connectivity index (χ1v) is 5.47. The molecule has 1 aliphatic heterocycles. The third-order valence-electron chi connectivity index (χ3n) is 2.48. The van der Waals surface area contributed by atoms with Gasteiger partial charge in [0, 0.05) is 5.57 Å². The van der Waals surface area contributed by atoms with Crippen molar-refractivity contribution in [2.45, 2.75) is 12.8 Å². The molecule has 0 N–H and O–H groups in total. The summed E-state index contributed by atoms with van der Waals surface area (Å²) in [6.45, 7) is 0.536. The van der Waals surface area contributed by atoms with Gasteiger partial charge in [-0.15, -0.1) is 0 Å². The molecule has 0 spiro atoms. The molecule has 1 aromatic rings. The minimum absolute atomic E-state index is 0.316. The maximum Gasteiger partial charge on any atom is 0.195 e. The standard InChI is InChI=1S/C12H9ClF2O2/c13-9-5-10(14)8(4-11(9)15)12(16)7-2-1-3-17-6-7/h4-6H,1-3H2. The Hall–Kier alpha value is -1.42. The zero-order valence-corrected chi connectivity index (χ0v) is 9.56. The predicted octanol–water partition coefficient (Wildman–Crippen LogP) is 3.50. The molecule has 5 heteroatoms. The summed E-state index contributed by atoms with van der Waals surface area (Å²) in [4.78, 5) is 11.9. The van der Waals surface area contributed by atoms with E-state index in [9.17, 15) is 13.6 Å². The first-order chi connectivity index (χ1) is 8.09. The summed E-state index contributed by atoms with van der Waals surface area (Å²) < 4.78 is 31.7. The predicted molar refractivity (Wildman–Crippen MR) is 59.0 cm³/mol. The Balaban J connectivity index is 2.37. The molecule has 2 rings (SSSR count). The van der Waals surface area contributed by atoms with Crippen molar-refractivity contribution in [3.05, 3.63) is 46.2 Å². The van der Waals surface area contributed by atoms with Gasteiger partial charge in [-0.05, 0) is 25.0 Å². The average Bonchev–Trinajstić information content (AvgIpc) is 2.34. The summed E-state index contributed by atoms with van der Waals surface area (Å²) in [5.41, 5.74) is 0.0283. The summed E-state index contributed by atoms with van der Waals surface area (Å²) >= 11 is 5.41. The molecular weight excluding hydrogens is 250 g/mol. The lowest BCUT2D eigenvalue weighted by atomic mass is 9.99. The highest BCUT2D eigenvalue weighted by atomic mass is 35.5. The molecule has 0 radical (unpaired) electrons. The third-order valence-corrected chi connectivity index (χ3v) is 2.77. The largest absolute Gasteiger partial charge is 0.501 e. The van der Waals surface area contributed by atoms with E-state index < -0.39 is 17.4 Å². The minimum atomic E-state index is -0.826. The van der Waals surface area contributed by atoms with E-state index in [1.165, 1.54) is 6.26 Å². The number of rotatable bonds is 2. The van der Waals surface area contributed by atoms with Crippen LogP contribution >= 0.6 is 11.6 Å². The highest BCUT2D eigenvalue weighted by Gasteiger charge is 2.20. The van der Waals surface area contributed by atoms with Crippen molar-refractivity contribution in [1.82, 2.24) is 0 Å². The van der Waals surface area contributed by atoms with Gasteiger partial charge in [-0.1, -0.05) is 11.6 Å². The zero-order valence-electron chi connectivity index (χ0n) is 8.80. The molecule has 90 valence electrons. The van der Waals surface area contributed by atoms with Gasteiger partial charge in [-0.3, -0.25) is 4.79 Å². The topological polar surface area (TPSA) is 26.3 Å². The maximum atomic E-state index is 13.5. The number of ketones is 1. The summed E-state index contributed by atoms with van der Waals surface area (Å²) in [5.74, 6) is -2.20. The highest BCUT2D eigenvalue weighted by molar-refractivity contribution is 6.30. The number of ether oxygens (including phenoxy) is 1. The molecule has 17 heavy (non-hydrogen) atoms. The molecule has 2 nitrogen and oxygen atoms in total. The second-order valence-corrected chi connectivity index (χ2v) is 4.10. The van der Waals surface area contributed by atoms with Crippen molar-refractivity contribution >= 4 is 17.4 Å². The molecule has 0 atom stereocenters. The van der Waals surface area contributed by atoms with Crippen molar-refractivity contribution in [3.8, 4) is 0 Å². The summed E-state index contributed by atoms with van der Waals surface area (Å²) in [6, 6.07) is 1.61. The van der Waals surface area contributed by atoms with Crippen LogP contribution < -0.4 is 0 Å². The van der Waals surface area contributed by atoms with Crippen LogP contribution in [0.3, 0.4) is 0 Å². The quantitative estimate of drug-likeness (QED) is 0.599. The van der Waals surface area contributed by atoms with Crippen LogP contribution in [0.2, 0.25) is 5.02 Å². The van der Waals surface area contributed by atoms with Crippen molar-refractivity contribution in [2.75, 3.05) is 6.61 Å². The number of carbonyl (C=O) groups excluding carboxylic acids is 1. The molecule has 0 aliphatic carbocycles. The van der Waals surface area contributed by atoms with E-state index in [2.05, 4.69) is 0 Å². The van der Waals surface area contributed by atoms with Crippen LogP contribution in [-0.2, 0) is 4.74 Å². The lowest BCUT2D eigenvalue weighted by Gasteiger charge is -2.13. The lowest BCUT2D eigenvalue weighted by molar-refractivity contribution is 0.101. The van der Waals surface area contributed by atoms with Gasteiger partial charge < -0.3 is 4.74 Å². The Kier molecular flexibility index (Phi) is 3.43. The number of benzene rings is 1. The number of halogens is 3. The zero-order chi connectivity index (χ0) is 12.4. The van der Waals surface area contributed by atoms with Gasteiger partial charge in [0.05, 0.1) is 23.5 Å². The first-order valence-electron chi connectivity index (χ1n) is 5.09. The maximum absolute atomic E-state index is 13.5.